The molecule has 2 saturated heterocycles. The lowest BCUT2D eigenvalue weighted by atomic mass is 9.72. The fourth-order valence-corrected chi connectivity index (χ4v) is 4.48. The summed E-state index contributed by atoms with van der Waals surface area (Å²) in [6.07, 6.45) is 3.89. The third kappa shape index (κ3) is 2.65. The van der Waals surface area contributed by atoms with Gasteiger partial charge in [-0.05, 0) is 57.2 Å². The number of para-hydroxylation sites is 1. The predicted octanol–water partition coefficient (Wildman–Crippen LogP) is 2.93. The van der Waals surface area contributed by atoms with Crippen molar-refractivity contribution < 1.29 is 9.59 Å². The highest BCUT2D eigenvalue weighted by molar-refractivity contribution is 6.16. The number of piperidine rings is 1. The summed E-state index contributed by atoms with van der Waals surface area (Å²) in [4.78, 5) is 36.4. The van der Waals surface area contributed by atoms with Crippen LogP contribution in [-0.2, 0) is 0 Å². The molecule has 3 aliphatic rings. The number of urea groups is 1. The number of carbonyl (C=O) groups is 2. The van der Waals surface area contributed by atoms with E-state index in [1.165, 1.54) is 0 Å². The Morgan fingerprint density at radius 3 is 2.64 bits per heavy atom. The first-order chi connectivity index (χ1) is 13.6. The summed E-state index contributed by atoms with van der Waals surface area (Å²) in [7, 11) is 2.15. The minimum atomic E-state index is -0.226. The van der Waals surface area contributed by atoms with Crippen molar-refractivity contribution in [2.45, 2.75) is 12.8 Å². The van der Waals surface area contributed by atoms with Crippen LogP contribution in [0.15, 0.2) is 42.6 Å². The minimum absolute atomic E-state index is 0.117. The van der Waals surface area contributed by atoms with Crippen LogP contribution in [0.5, 0.6) is 0 Å². The molecular weight excluding hydrogens is 354 g/mol. The van der Waals surface area contributed by atoms with Crippen LogP contribution in [0.3, 0.4) is 0 Å². The van der Waals surface area contributed by atoms with Crippen LogP contribution in [0, 0.1) is 5.41 Å². The van der Waals surface area contributed by atoms with Gasteiger partial charge in [0.25, 0.3) is 5.91 Å². The standard InChI is InChI=1S/C21H23N5O2/c1-24-11-8-21(9-12-24)13-25(14-21)20(28)26-17-7-3-2-5-15(17)19(27)23-16-6-4-10-22-18(16)26/h2-7,10H,8-9,11-14H2,1H3,(H,23,27). The van der Waals surface area contributed by atoms with Crippen LogP contribution < -0.4 is 10.2 Å². The Hall–Kier alpha value is -2.93. The lowest BCUT2D eigenvalue weighted by Crippen LogP contribution is -2.63. The fourth-order valence-electron chi connectivity index (χ4n) is 4.48. The number of fused-ring (bicyclic) bond motifs is 2. The van der Waals surface area contributed by atoms with Crippen LogP contribution in [0.2, 0.25) is 0 Å². The van der Waals surface area contributed by atoms with Crippen molar-refractivity contribution >= 4 is 29.1 Å². The summed E-state index contributed by atoms with van der Waals surface area (Å²) in [6, 6.07) is 10.6. The molecule has 1 aromatic carbocycles. The highest BCUT2D eigenvalue weighted by Crippen LogP contribution is 2.43. The molecule has 0 aliphatic carbocycles. The molecule has 3 amide bonds. The molecular formula is C21H23N5O2. The molecule has 7 nitrogen and oxygen atoms in total. The number of amides is 3. The number of pyridine rings is 1. The molecule has 144 valence electrons. The number of hydrogen-bond acceptors (Lipinski definition) is 4. The zero-order chi connectivity index (χ0) is 19.3. The van der Waals surface area contributed by atoms with E-state index < -0.39 is 0 Å². The van der Waals surface area contributed by atoms with E-state index >= 15 is 0 Å². The molecule has 0 bridgehead atoms. The number of carbonyl (C=O) groups excluding carboxylic acids is 2. The van der Waals surface area contributed by atoms with Crippen LogP contribution in [0.1, 0.15) is 23.2 Å². The van der Waals surface area contributed by atoms with Crippen LogP contribution in [0.4, 0.5) is 22.0 Å². The Morgan fingerprint density at radius 2 is 1.86 bits per heavy atom. The summed E-state index contributed by atoms with van der Waals surface area (Å²) in [5.41, 5.74) is 1.84. The Morgan fingerprint density at radius 1 is 1.11 bits per heavy atom. The van der Waals surface area contributed by atoms with Crippen molar-refractivity contribution in [3.05, 3.63) is 48.2 Å². The van der Waals surface area contributed by atoms with Gasteiger partial charge in [-0.25, -0.2) is 14.7 Å². The van der Waals surface area contributed by atoms with Crippen molar-refractivity contribution in [2.75, 3.05) is 43.4 Å². The van der Waals surface area contributed by atoms with Gasteiger partial charge in [0.05, 0.1) is 16.9 Å². The van der Waals surface area contributed by atoms with Gasteiger partial charge in [-0.15, -0.1) is 0 Å². The summed E-state index contributed by atoms with van der Waals surface area (Å²) >= 11 is 0. The molecule has 2 aromatic rings. The van der Waals surface area contributed by atoms with Crippen molar-refractivity contribution in [1.82, 2.24) is 14.8 Å². The zero-order valence-electron chi connectivity index (χ0n) is 15.9. The molecule has 0 atom stereocenters. The topological polar surface area (TPSA) is 68.8 Å². The van der Waals surface area contributed by atoms with Crippen molar-refractivity contribution in [2.24, 2.45) is 5.41 Å². The quantitative estimate of drug-likeness (QED) is 0.766. The summed E-state index contributed by atoms with van der Waals surface area (Å²) in [6.45, 7) is 3.69. The Bertz CT molecular complexity index is 943. The van der Waals surface area contributed by atoms with E-state index in [-0.39, 0.29) is 17.4 Å². The monoisotopic (exact) mass is 377 g/mol. The van der Waals surface area contributed by atoms with Crippen molar-refractivity contribution in [3.63, 3.8) is 0 Å². The summed E-state index contributed by atoms with van der Waals surface area (Å²) < 4.78 is 0. The SMILES string of the molecule is CN1CCC2(CC1)CN(C(=O)N1c3ccccc3C(=O)Nc3cccnc31)C2. The Labute approximate surface area is 163 Å². The van der Waals surface area contributed by atoms with E-state index in [0.29, 0.717) is 22.8 Å². The van der Waals surface area contributed by atoms with Gasteiger partial charge in [-0.2, -0.15) is 0 Å². The molecule has 1 N–H and O–H groups in total. The smallest absolute Gasteiger partial charge is 0.323 e. The normalized spacial score (nSPS) is 20.7. The summed E-state index contributed by atoms with van der Waals surface area (Å²) in [5, 5.41) is 2.88. The highest BCUT2D eigenvalue weighted by Gasteiger charge is 2.48. The number of nitrogens with one attached hydrogen (secondary N) is 1. The number of anilines is 3. The van der Waals surface area contributed by atoms with Gasteiger partial charge in [0.15, 0.2) is 5.82 Å². The first kappa shape index (κ1) is 17.2. The maximum atomic E-state index is 13.5. The van der Waals surface area contributed by atoms with Gasteiger partial charge < -0.3 is 15.1 Å². The van der Waals surface area contributed by atoms with Crippen LogP contribution >= 0.6 is 0 Å². The maximum absolute atomic E-state index is 13.5. The van der Waals surface area contributed by atoms with Crippen molar-refractivity contribution in [3.8, 4) is 0 Å². The zero-order valence-corrected chi connectivity index (χ0v) is 15.9. The van der Waals surface area contributed by atoms with E-state index in [9.17, 15) is 9.59 Å². The number of benzene rings is 1. The maximum Gasteiger partial charge on any atom is 0.330 e. The van der Waals surface area contributed by atoms with Gasteiger partial charge in [0.1, 0.15) is 0 Å². The van der Waals surface area contributed by atoms with Gasteiger partial charge in [0.2, 0.25) is 0 Å². The molecule has 2 fully saturated rings. The van der Waals surface area contributed by atoms with Crippen LogP contribution in [-0.4, -0.2) is 59.9 Å². The second-order valence-electron chi connectivity index (χ2n) is 8.12. The van der Waals surface area contributed by atoms with E-state index in [2.05, 4.69) is 22.2 Å². The van der Waals surface area contributed by atoms with Crippen molar-refractivity contribution in [1.29, 1.82) is 0 Å². The molecule has 3 aliphatic heterocycles. The lowest BCUT2D eigenvalue weighted by Gasteiger charge is -2.54. The summed E-state index contributed by atoms with van der Waals surface area (Å²) in [5.74, 6) is 0.241. The van der Waals surface area contributed by atoms with Gasteiger partial charge in [-0.1, -0.05) is 12.1 Å². The fraction of sp³-hybridized carbons (Fsp3) is 0.381. The Kier molecular flexibility index (Phi) is 3.87. The molecule has 7 heteroatoms. The van der Waals surface area contributed by atoms with E-state index in [0.717, 1.165) is 39.0 Å². The first-order valence-corrected chi connectivity index (χ1v) is 9.69. The molecule has 0 unspecified atom stereocenters. The third-order valence-corrected chi connectivity index (χ3v) is 6.20. The third-order valence-electron chi connectivity index (χ3n) is 6.20. The lowest BCUT2D eigenvalue weighted by molar-refractivity contribution is -0.0141. The van der Waals surface area contributed by atoms with E-state index in [1.807, 2.05) is 23.1 Å². The van der Waals surface area contributed by atoms with E-state index in [4.69, 9.17) is 0 Å². The predicted molar refractivity (Wildman–Crippen MR) is 107 cm³/mol. The first-order valence-electron chi connectivity index (χ1n) is 9.69. The average Bonchev–Trinajstić information content (AvgIpc) is 2.81. The number of nitrogens with zero attached hydrogens (tertiary/aromatic N) is 4. The molecule has 0 saturated carbocycles. The minimum Gasteiger partial charge on any atom is -0.323 e. The van der Waals surface area contributed by atoms with Crippen LogP contribution in [0.25, 0.3) is 0 Å². The average molecular weight is 377 g/mol. The van der Waals surface area contributed by atoms with Gasteiger partial charge in [-0.3, -0.25) is 4.79 Å². The van der Waals surface area contributed by atoms with Gasteiger partial charge in [0, 0.05) is 24.7 Å². The highest BCUT2D eigenvalue weighted by atomic mass is 16.2. The van der Waals surface area contributed by atoms with Gasteiger partial charge >= 0.3 is 6.03 Å². The Balaban J connectivity index is 1.48. The molecule has 4 heterocycles. The molecule has 28 heavy (non-hydrogen) atoms. The molecule has 1 aromatic heterocycles. The van der Waals surface area contributed by atoms with E-state index in [1.54, 1.807) is 29.3 Å². The second-order valence-corrected chi connectivity index (χ2v) is 8.12. The largest absolute Gasteiger partial charge is 0.330 e. The molecule has 1 spiro atoms. The molecule has 5 rings (SSSR count). The number of rotatable bonds is 0. The second kappa shape index (κ2) is 6.31. The number of aromatic nitrogens is 1. The molecule has 0 radical (unpaired) electrons. The number of likely N-dealkylation sites (tertiary alicyclic amines) is 2. The number of hydrogen-bond donors (Lipinski definition) is 1.